The number of rotatable bonds is 5. The Labute approximate surface area is 226 Å². The summed E-state index contributed by atoms with van der Waals surface area (Å²) in [6.07, 6.45) is 3.76. The number of carbonyl (C=O) groups excluding carboxylic acids is 1. The number of aromatic nitrogens is 3. The van der Waals surface area contributed by atoms with Crippen molar-refractivity contribution in [1.82, 2.24) is 19.7 Å². The Kier molecular flexibility index (Phi) is 6.71. The lowest BCUT2D eigenvalue weighted by molar-refractivity contribution is 0.0224. The van der Waals surface area contributed by atoms with Crippen molar-refractivity contribution in [2.45, 2.75) is 45.9 Å². The van der Waals surface area contributed by atoms with Gasteiger partial charge in [0.05, 0.1) is 18.9 Å². The highest BCUT2D eigenvalue weighted by Gasteiger charge is 2.26. The van der Waals surface area contributed by atoms with Gasteiger partial charge in [-0.3, -0.25) is 9.89 Å². The molecule has 0 unspecified atom stereocenters. The maximum atomic E-state index is 12.5. The Morgan fingerprint density at radius 3 is 2.74 bits per heavy atom. The van der Waals surface area contributed by atoms with Gasteiger partial charge in [-0.1, -0.05) is 6.07 Å². The molecule has 204 valence electrons. The smallest absolute Gasteiger partial charge is 0.410 e. The van der Waals surface area contributed by atoms with Gasteiger partial charge in [0, 0.05) is 49.5 Å². The molecule has 0 bridgehead atoms. The highest BCUT2D eigenvalue weighted by Crippen LogP contribution is 2.37. The molecule has 0 aliphatic carbocycles. The average molecular weight is 532 g/mol. The predicted molar refractivity (Wildman–Crippen MR) is 149 cm³/mol. The summed E-state index contributed by atoms with van der Waals surface area (Å²) in [5, 5.41) is 21.8. The number of pyridine rings is 1. The van der Waals surface area contributed by atoms with Crippen LogP contribution < -0.4 is 15.6 Å². The first-order valence-corrected chi connectivity index (χ1v) is 12.8. The minimum atomic E-state index is -0.527. The Morgan fingerprint density at radius 1 is 1.21 bits per heavy atom. The fourth-order valence-electron chi connectivity index (χ4n) is 4.86. The zero-order chi connectivity index (χ0) is 27.9. The number of carbonyl (C=O) groups is 1. The number of aromatic hydroxyl groups is 1. The molecule has 0 atom stereocenters. The van der Waals surface area contributed by atoms with Crippen LogP contribution in [0.3, 0.4) is 0 Å². The predicted octanol–water partition coefficient (Wildman–Crippen LogP) is 4.55. The minimum absolute atomic E-state index is 0.0771. The van der Waals surface area contributed by atoms with E-state index in [4.69, 9.17) is 9.47 Å². The maximum absolute atomic E-state index is 12.5. The van der Waals surface area contributed by atoms with Crippen molar-refractivity contribution in [1.29, 1.82) is 0 Å². The van der Waals surface area contributed by atoms with Crippen LogP contribution >= 0.6 is 0 Å². The van der Waals surface area contributed by atoms with Crippen molar-refractivity contribution in [3.05, 3.63) is 69.8 Å². The molecule has 3 N–H and O–H groups in total. The molecule has 0 radical (unpaired) electrons. The molecule has 0 spiro atoms. The number of ether oxygens (including phenoxy) is 2. The number of hydrogen-bond donors (Lipinski definition) is 3. The first-order valence-electron chi connectivity index (χ1n) is 12.8. The van der Waals surface area contributed by atoms with E-state index >= 15 is 0 Å². The number of nitrogens with one attached hydrogen (secondary N) is 2. The van der Waals surface area contributed by atoms with Gasteiger partial charge in [0.2, 0.25) is 0 Å². The third-order valence-corrected chi connectivity index (χ3v) is 6.84. The number of fused-ring (bicyclic) bond motifs is 2. The zero-order valence-corrected chi connectivity index (χ0v) is 22.8. The first kappa shape index (κ1) is 26.1. The third-order valence-electron chi connectivity index (χ3n) is 6.84. The number of aryl methyl sites for hydroxylation is 1. The maximum Gasteiger partial charge on any atom is 0.410 e. The summed E-state index contributed by atoms with van der Waals surface area (Å²) in [7, 11) is 3.24. The van der Waals surface area contributed by atoms with Crippen LogP contribution in [-0.4, -0.2) is 50.1 Å². The molecule has 3 heterocycles. The molecule has 1 amide bonds. The monoisotopic (exact) mass is 531 g/mol. The van der Waals surface area contributed by atoms with Gasteiger partial charge in [0.1, 0.15) is 22.6 Å². The molecule has 39 heavy (non-hydrogen) atoms. The van der Waals surface area contributed by atoms with Gasteiger partial charge in [0.25, 0.3) is 5.56 Å². The molecule has 1 aliphatic heterocycles. The summed E-state index contributed by atoms with van der Waals surface area (Å²) in [6, 6.07) is 9.59. The van der Waals surface area contributed by atoms with E-state index in [2.05, 4.69) is 21.6 Å². The number of phenolic OH excluding ortho intramolecular Hbond substituents is 1. The van der Waals surface area contributed by atoms with Crippen LogP contribution in [-0.2, 0) is 31.3 Å². The highest BCUT2D eigenvalue weighted by molar-refractivity contribution is 5.94. The van der Waals surface area contributed by atoms with Crippen molar-refractivity contribution in [3.8, 4) is 22.6 Å². The summed E-state index contributed by atoms with van der Waals surface area (Å²) in [5.41, 5.74) is 4.94. The second-order valence-electron chi connectivity index (χ2n) is 10.8. The molecular weight excluding hydrogens is 498 g/mol. The van der Waals surface area contributed by atoms with Crippen LogP contribution in [0.2, 0.25) is 0 Å². The second-order valence-corrected chi connectivity index (χ2v) is 10.8. The van der Waals surface area contributed by atoms with Gasteiger partial charge in [-0.05, 0) is 68.1 Å². The Bertz CT molecular complexity index is 1620. The number of anilines is 1. The number of aromatic amines is 1. The number of methoxy groups -OCH3 is 1. The van der Waals surface area contributed by atoms with Crippen LogP contribution in [0.15, 0.2) is 47.5 Å². The van der Waals surface area contributed by atoms with Gasteiger partial charge >= 0.3 is 6.09 Å². The van der Waals surface area contributed by atoms with E-state index in [0.717, 1.165) is 23.2 Å². The number of phenols is 1. The lowest BCUT2D eigenvalue weighted by Crippen LogP contribution is -2.39. The lowest BCUT2D eigenvalue weighted by atomic mass is 9.99. The number of hydrogen-bond acceptors (Lipinski definition) is 7. The van der Waals surface area contributed by atoms with Gasteiger partial charge in [-0.25, -0.2) is 4.79 Å². The molecule has 2 aromatic carbocycles. The molecule has 0 saturated heterocycles. The normalized spacial score (nSPS) is 13.3. The van der Waals surface area contributed by atoms with Crippen LogP contribution in [0.1, 0.15) is 37.5 Å². The van der Waals surface area contributed by atoms with Crippen molar-refractivity contribution in [2.24, 2.45) is 7.05 Å². The average Bonchev–Trinajstić information content (AvgIpc) is 3.38. The van der Waals surface area contributed by atoms with Crippen molar-refractivity contribution in [3.63, 3.8) is 0 Å². The molecule has 10 nitrogen and oxygen atoms in total. The first-order chi connectivity index (χ1) is 18.5. The van der Waals surface area contributed by atoms with E-state index in [1.807, 2.05) is 39.0 Å². The van der Waals surface area contributed by atoms with Crippen LogP contribution in [0, 0.1) is 0 Å². The zero-order valence-electron chi connectivity index (χ0n) is 22.8. The quantitative estimate of drug-likeness (QED) is 0.345. The van der Waals surface area contributed by atoms with Gasteiger partial charge in [-0.15, -0.1) is 0 Å². The standard InChI is InChI=1S/C29H33N5O5/c1-29(2,3)39-28(37)34-9-8-17-10-20(7-6-18(17)15-34)30-13-22-24(35)11-19(12-25(22)38-5)23-16-33(4)27(36)26-21(23)14-31-32-26/h6-7,10-12,14,16,30,35H,8-9,13,15H2,1-5H3,(H,31,32). The topological polar surface area (TPSA) is 122 Å². The van der Waals surface area contributed by atoms with E-state index in [0.29, 0.717) is 47.4 Å². The Balaban J connectivity index is 1.34. The molecule has 1 aliphatic rings. The fourth-order valence-corrected chi connectivity index (χ4v) is 4.86. The summed E-state index contributed by atoms with van der Waals surface area (Å²) in [4.78, 5) is 26.6. The third kappa shape index (κ3) is 5.27. The fraction of sp³-hybridized carbons (Fsp3) is 0.345. The van der Waals surface area contributed by atoms with Crippen LogP contribution in [0.4, 0.5) is 10.5 Å². The summed E-state index contributed by atoms with van der Waals surface area (Å²) in [6.45, 7) is 7.04. The number of nitrogens with zero attached hydrogens (tertiary/aromatic N) is 3. The summed E-state index contributed by atoms with van der Waals surface area (Å²) < 4.78 is 12.6. The number of benzene rings is 2. The van der Waals surface area contributed by atoms with Crippen molar-refractivity contribution in [2.75, 3.05) is 19.0 Å². The Morgan fingerprint density at radius 2 is 2.00 bits per heavy atom. The molecular formula is C29H33N5O5. The second kappa shape index (κ2) is 10.0. The van der Waals surface area contributed by atoms with Crippen molar-refractivity contribution < 1.29 is 19.4 Å². The van der Waals surface area contributed by atoms with E-state index in [9.17, 15) is 14.7 Å². The van der Waals surface area contributed by atoms with Crippen LogP contribution in [0.25, 0.3) is 22.0 Å². The molecule has 0 saturated carbocycles. The van der Waals surface area contributed by atoms with E-state index in [-0.39, 0.29) is 17.4 Å². The van der Waals surface area contributed by atoms with Crippen LogP contribution in [0.5, 0.6) is 11.5 Å². The Hall–Kier alpha value is -4.47. The summed E-state index contributed by atoms with van der Waals surface area (Å²) >= 11 is 0. The van der Waals surface area contributed by atoms with Crippen molar-refractivity contribution >= 4 is 22.7 Å². The minimum Gasteiger partial charge on any atom is -0.507 e. The SMILES string of the molecule is COc1cc(-c2cn(C)c(=O)c3[nH]ncc23)cc(O)c1CNc1ccc2c(c1)CCN(C(=O)OC(C)(C)C)C2. The van der Waals surface area contributed by atoms with Gasteiger partial charge < -0.3 is 29.4 Å². The van der Waals surface area contributed by atoms with E-state index in [1.54, 1.807) is 37.5 Å². The number of amides is 1. The molecule has 5 rings (SSSR count). The molecule has 10 heteroatoms. The summed E-state index contributed by atoms with van der Waals surface area (Å²) in [5.74, 6) is 0.599. The molecule has 2 aromatic heterocycles. The van der Waals surface area contributed by atoms with Gasteiger partial charge in [0.15, 0.2) is 0 Å². The van der Waals surface area contributed by atoms with E-state index in [1.165, 1.54) is 10.1 Å². The highest BCUT2D eigenvalue weighted by atomic mass is 16.6. The largest absolute Gasteiger partial charge is 0.507 e. The molecule has 0 fully saturated rings. The number of H-pyrrole nitrogens is 1. The molecule has 4 aromatic rings. The van der Waals surface area contributed by atoms with E-state index < -0.39 is 5.60 Å². The lowest BCUT2D eigenvalue weighted by Gasteiger charge is -2.31. The van der Waals surface area contributed by atoms with Gasteiger partial charge in [-0.2, -0.15) is 5.10 Å².